The summed E-state index contributed by atoms with van der Waals surface area (Å²) in [6.45, 7) is 4.38. The fourth-order valence-corrected chi connectivity index (χ4v) is 3.47. The minimum Gasteiger partial charge on any atom is -0.465 e. The lowest BCUT2D eigenvalue weighted by atomic mass is 9.98. The van der Waals surface area contributed by atoms with Crippen LogP contribution in [0, 0.1) is 0 Å². The molecule has 28 heavy (non-hydrogen) atoms. The van der Waals surface area contributed by atoms with Crippen LogP contribution < -0.4 is 5.32 Å². The number of nitrogens with zero attached hydrogens (tertiary/aromatic N) is 2. The molecule has 0 atom stereocenters. The minimum atomic E-state index is -0.309. The van der Waals surface area contributed by atoms with E-state index < -0.39 is 0 Å². The maximum absolute atomic E-state index is 11.9. The quantitative estimate of drug-likeness (QED) is 0.590. The Morgan fingerprint density at radius 2 is 1.79 bits per heavy atom. The summed E-state index contributed by atoms with van der Waals surface area (Å²) in [5, 5.41) is 3.71. The molecule has 0 saturated carbocycles. The van der Waals surface area contributed by atoms with Crippen LogP contribution in [0.25, 0.3) is 0 Å². The maximum atomic E-state index is 11.9. The smallest absolute Gasteiger partial charge is 0.327 e. The molecule has 3 rings (SSSR count). The van der Waals surface area contributed by atoms with Crippen molar-refractivity contribution < 1.29 is 9.53 Å². The monoisotopic (exact) mass is 379 g/mol. The molecule has 1 heterocycles. The third kappa shape index (κ3) is 5.42. The SMILES string of the molecule is CCOC(=O)C/N=C(\c1ccccc1)c1ccccc1NC1CCN(C)CC1. The van der Waals surface area contributed by atoms with E-state index in [-0.39, 0.29) is 12.5 Å². The van der Waals surface area contributed by atoms with Crippen LogP contribution in [0.5, 0.6) is 0 Å². The Morgan fingerprint density at radius 3 is 2.50 bits per heavy atom. The summed E-state index contributed by atoms with van der Waals surface area (Å²) >= 11 is 0. The van der Waals surface area contributed by atoms with E-state index in [0.29, 0.717) is 12.6 Å². The number of carbonyl (C=O) groups excluding carboxylic acids is 1. The number of piperidine rings is 1. The minimum absolute atomic E-state index is 0.0145. The van der Waals surface area contributed by atoms with Crippen molar-refractivity contribution in [3.8, 4) is 0 Å². The van der Waals surface area contributed by atoms with Crippen LogP contribution in [0.3, 0.4) is 0 Å². The molecule has 5 nitrogen and oxygen atoms in total. The van der Waals surface area contributed by atoms with Gasteiger partial charge in [0.05, 0.1) is 12.3 Å². The number of rotatable bonds is 7. The van der Waals surface area contributed by atoms with E-state index >= 15 is 0 Å². The highest BCUT2D eigenvalue weighted by atomic mass is 16.5. The summed E-state index contributed by atoms with van der Waals surface area (Å²) in [5.74, 6) is -0.309. The molecule has 0 unspecified atom stereocenters. The van der Waals surface area contributed by atoms with Crippen LogP contribution in [0.4, 0.5) is 5.69 Å². The number of anilines is 1. The van der Waals surface area contributed by atoms with Gasteiger partial charge in [0.25, 0.3) is 0 Å². The molecule has 1 fully saturated rings. The van der Waals surface area contributed by atoms with Crippen LogP contribution in [-0.2, 0) is 9.53 Å². The lowest BCUT2D eigenvalue weighted by Crippen LogP contribution is -2.37. The van der Waals surface area contributed by atoms with Crippen LogP contribution in [0.1, 0.15) is 30.9 Å². The van der Waals surface area contributed by atoms with Crippen LogP contribution in [0.15, 0.2) is 59.6 Å². The Hall–Kier alpha value is -2.66. The van der Waals surface area contributed by atoms with Gasteiger partial charge in [-0.3, -0.25) is 9.79 Å². The topological polar surface area (TPSA) is 53.9 Å². The molecule has 5 heteroatoms. The summed E-state index contributed by atoms with van der Waals surface area (Å²) in [6, 6.07) is 18.7. The summed E-state index contributed by atoms with van der Waals surface area (Å²) in [4.78, 5) is 18.9. The predicted octanol–water partition coefficient (Wildman–Crippen LogP) is 3.59. The molecule has 0 radical (unpaired) electrons. The highest BCUT2D eigenvalue weighted by Gasteiger charge is 2.19. The fourth-order valence-electron chi connectivity index (χ4n) is 3.47. The van der Waals surface area contributed by atoms with Gasteiger partial charge in [0.1, 0.15) is 6.54 Å². The molecule has 2 aromatic rings. The lowest BCUT2D eigenvalue weighted by molar-refractivity contribution is -0.141. The average Bonchev–Trinajstić information content (AvgIpc) is 2.72. The molecule has 2 aromatic carbocycles. The number of likely N-dealkylation sites (tertiary alicyclic amines) is 1. The van der Waals surface area contributed by atoms with Gasteiger partial charge in [0.15, 0.2) is 0 Å². The van der Waals surface area contributed by atoms with E-state index in [2.05, 4.69) is 34.4 Å². The van der Waals surface area contributed by atoms with Crippen molar-refractivity contribution in [3.05, 3.63) is 65.7 Å². The van der Waals surface area contributed by atoms with E-state index in [1.54, 1.807) is 6.92 Å². The molecule has 1 N–H and O–H groups in total. The molecule has 1 saturated heterocycles. The van der Waals surface area contributed by atoms with Crippen molar-refractivity contribution in [1.29, 1.82) is 0 Å². The highest BCUT2D eigenvalue weighted by molar-refractivity contribution is 6.16. The predicted molar refractivity (Wildman–Crippen MR) is 114 cm³/mol. The van der Waals surface area contributed by atoms with Gasteiger partial charge in [0, 0.05) is 22.9 Å². The van der Waals surface area contributed by atoms with Crippen molar-refractivity contribution in [2.24, 2.45) is 4.99 Å². The van der Waals surface area contributed by atoms with Gasteiger partial charge in [-0.15, -0.1) is 0 Å². The molecule has 0 spiro atoms. The average molecular weight is 380 g/mol. The van der Waals surface area contributed by atoms with Gasteiger partial charge in [-0.05, 0) is 46.0 Å². The van der Waals surface area contributed by atoms with E-state index in [4.69, 9.17) is 4.74 Å². The standard InChI is InChI=1S/C23H29N3O2/c1-3-28-22(27)17-24-23(18-9-5-4-6-10-18)20-11-7-8-12-21(20)25-19-13-15-26(2)16-14-19/h4-12,19,25H,3,13-17H2,1-2H3/b24-23+. The third-order valence-corrected chi connectivity index (χ3v) is 4.98. The number of aliphatic imine (C=N–C) groups is 1. The third-order valence-electron chi connectivity index (χ3n) is 4.98. The largest absolute Gasteiger partial charge is 0.465 e. The summed E-state index contributed by atoms with van der Waals surface area (Å²) < 4.78 is 5.06. The van der Waals surface area contributed by atoms with E-state index in [1.165, 1.54) is 0 Å². The molecule has 1 aliphatic rings. The van der Waals surface area contributed by atoms with Crippen molar-refractivity contribution in [2.45, 2.75) is 25.8 Å². The van der Waals surface area contributed by atoms with Crippen molar-refractivity contribution in [1.82, 2.24) is 4.90 Å². The van der Waals surface area contributed by atoms with Crippen molar-refractivity contribution >= 4 is 17.4 Å². The van der Waals surface area contributed by atoms with Gasteiger partial charge in [-0.2, -0.15) is 0 Å². The Bertz CT molecular complexity index is 797. The fraction of sp³-hybridized carbons (Fsp3) is 0.391. The second-order valence-corrected chi connectivity index (χ2v) is 7.10. The number of hydrogen-bond donors (Lipinski definition) is 1. The molecule has 148 valence electrons. The van der Waals surface area contributed by atoms with E-state index in [0.717, 1.165) is 48.5 Å². The molecular weight excluding hydrogens is 350 g/mol. The van der Waals surface area contributed by atoms with Gasteiger partial charge in [0.2, 0.25) is 0 Å². The number of ether oxygens (including phenoxy) is 1. The summed E-state index contributed by atoms with van der Waals surface area (Å²) in [6.07, 6.45) is 2.23. The van der Waals surface area contributed by atoms with Crippen LogP contribution in [-0.4, -0.2) is 55.9 Å². The molecule has 0 aromatic heterocycles. The Labute approximate surface area is 167 Å². The molecular formula is C23H29N3O2. The Balaban J connectivity index is 1.89. The first-order chi connectivity index (χ1) is 13.7. The first-order valence-corrected chi connectivity index (χ1v) is 9.97. The zero-order valence-corrected chi connectivity index (χ0v) is 16.7. The normalized spacial score (nSPS) is 16.0. The number of hydrogen-bond acceptors (Lipinski definition) is 5. The Morgan fingerprint density at radius 1 is 1.11 bits per heavy atom. The first kappa shape index (κ1) is 20.1. The summed E-state index contributed by atoms with van der Waals surface area (Å²) in [5.41, 5.74) is 3.87. The molecule has 1 aliphatic heterocycles. The van der Waals surface area contributed by atoms with E-state index in [1.807, 2.05) is 42.5 Å². The zero-order chi connectivity index (χ0) is 19.8. The first-order valence-electron chi connectivity index (χ1n) is 9.97. The van der Waals surface area contributed by atoms with Crippen LogP contribution in [0.2, 0.25) is 0 Å². The van der Waals surface area contributed by atoms with E-state index in [9.17, 15) is 4.79 Å². The number of carbonyl (C=O) groups is 1. The second kappa shape index (κ2) is 10.0. The van der Waals surface area contributed by atoms with Gasteiger partial charge in [-0.25, -0.2) is 0 Å². The number of para-hydroxylation sites is 1. The Kier molecular flexibility index (Phi) is 7.20. The van der Waals surface area contributed by atoms with Crippen molar-refractivity contribution in [3.63, 3.8) is 0 Å². The molecule has 0 amide bonds. The maximum Gasteiger partial charge on any atom is 0.327 e. The number of benzene rings is 2. The molecule has 0 bridgehead atoms. The van der Waals surface area contributed by atoms with Gasteiger partial charge in [-0.1, -0.05) is 48.5 Å². The van der Waals surface area contributed by atoms with Crippen LogP contribution >= 0.6 is 0 Å². The van der Waals surface area contributed by atoms with Crippen molar-refractivity contribution in [2.75, 3.05) is 38.6 Å². The molecule has 0 aliphatic carbocycles. The second-order valence-electron chi connectivity index (χ2n) is 7.10. The lowest BCUT2D eigenvalue weighted by Gasteiger charge is -2.30. The number of esters is 1. The highest BCUT2D eigenvalue weighted by Crippen LogP contribution is 2.23. The number of nitrogens with one attached hydrogen (secondary N) is 1. The van der Waals surface area contributed by atoms with Gasteiger partial charge < -0.3 is 15.0 Å². The van der Waals surface area contributed by atoms with Gasteiger partial charge >= 0.3 is 5.97 Å². The zero-order valence-electron chi connectivity index (χ0n) is 16.7. The summed E-state index contributed by atoms with van der Waals surface area (Å²) in [7, 11) is 2.17.